The molecule has 0 saturated carbocycles. The third-order valence-electron chi connectivity index (χ3n) is 2.48. The largest absolute Gasteiger partial charge is 0.343 e. The number of hydrogen-bond acceptors (Lipinski definition) is 4. The minimum Gasteiger partial charge on any atom is -0.308 e. The minimum atomic E-state index is -3.36. The first-order chi connectivity index (χ1) is 7.31. The van der Waals surface area contributed by atoms with Crippen molar-refractivity contribution in [2.45, 2.75) is 52.6 Å². The zero-order chi connectivity index (χ0) is 12.8. The highest BCUT2D eigenvalue weighted by Gasteiger charge is 2.47. The molecule has 0 aliphatic heterocycles. The molecular weight excluding hydrogens is 227 g/mol. The molecule has 5 heteroatoms. The van der Waals surface area contributed by atoms with Gasteiger partial charge in [-0.15, -0.1) is 0 Å². The van der Waals surface area contributed by atoms with Crippen LogP contribution in [0, 0.1) is 0 Å². The molecule has 0 atom stereocenters. The molecule has 0 N–H and O–H groups in total. The zero-order valence-corrected chi connectivity index (χ0v) is 11.8. The first-order valence-corrected chi connectivity index (χ1v) is 7.26. The third-order valence-corrected chi connectivity index (χ3v) is 5.21. The van der Waals surface area contributed by atoms with Gasteiger partial charge in [-0.25, -0.2) is 0 Å². The van der Waals surface area contributed by atoms with E-state index in [1.807, 2.05) is 13.8 Å². The lowest BCUT2D eigenvalue weighted by atomic mass is 10.1. The summed E-state index contributed by atoms with van der Waals surface area (Å²) in [5.41, 5.74) is 0. The van der Waals surface area contributed by atoms with E-state index in [9.17, 15) is 9.36 Å². The molecule has 0 amide bonds. The lowest BCUT2D eigenvalue weighted by molar-refractivity contribution is -0.119. The Kier molecular flexibility index (Phi) is 6.46. The number of Topliss-reactive ketones (excluding diaryl/α,β-unsaturated/α-hetero) is 1. The van der Waals surface area contributed by atoms with Crippen molar-refractivity contribution in [1.82, 2.24) is 0 Å². The van der Waals surface area contributed by atoms with Gasteiger partial charge in [-0.2, -0.15) is 0 Å². The molecule has 0 aromatic carbocycles. The van der Waals surface area contributed by atoms with Gasteiger partial charge < -0.3 is 9.05 Å². The molecule has 0 aromatic heterocycles. The Morgan fingerprint density at radius 3 is 1.75 bits per heavy atom. The van der Waals surface area contributed by atoms with Crippen LogP contribution in [0.4, 0.5) is 0 Å². The van der Waals surface area contributed by atoms with Crippen molar-refractivity contribution in [1.29, 1.82) is 0 Å². The van der Waals surface area contributed by atoms with Crippen LogP contribution >= 0.6 is 7.60 Å². The molecule has 0 rings (SSSR count). The third kappa shape index (κ3) is 3.69. The maximum Gasteiger partial charge on any atom is 0.343 e. The molecule has 0 aliphatic carbocycles. The van der Waals surface area contributed by atoms with E-state index >= 15 is 0 Å². The molecule has 4 nitrogen and oxygen atoms in total. The van der Waals surface area contributed by atoms with Gasteiger partial charge in [0, 0.05) is 0 Å². The predicted octanol–water partition coefficient (Wildman–Crippen LogP) is 3.40. The van der Waals surface area contributed by atoms with Crippen LogP contribution in [0.1, 0.15) is 47.5 Å². The van der Waals surface area contributed by atoms with E-state index in [2.05, 4.69) is 0 Å². The summed E-state index contributed by atoms with van der Waals surface area (Å²) in [6.45, 7) is 9.17. The Bertz CT molecular complexity index is 261. The van der Waals surface area contributed by atoms with Crippen molar-refractivity contribution in [2.75, 3.05) is 13.2 Å². The monoisotopic (exact) mass is 250 g/mol. The van der Waals surface area contributed by atoms with Crippen LogP contribution in [0.3, 0.4) is 0 Å². The van der Waals surface area contributed by atoms with E-state index in [4.69, 9.17) is 9.05 Å². The van der Waals surface area contributed by atoms with Crippen molar-refractivity contribution in [2.24, 2.45) is 0 Å². The van der Waals surface area contributed by atoms with Crippen LogP contribution in [0.2, 0.25) is 0 Å². The summed E-state index contributed by atoms with van der Waals surface area (Å²) in [6, 6.07) is 0. The van der Waals surface area contributed by atoms with E-state index in [1.54, 1.807) is 13.8 Å². The first-order valence-electron chi connectivity index (χ1n) is 5.72. The quantitative estimate of drug-likeness (QED) is 0.619. The Labute approximate surface area is 98.2 Å². The van der Waals surface area contributed by atoms with Crippen LogP contribution in [0.15, 0.2) is 0 Å². The summed E-state index contributed by atoms with van der Waals surface area (Å²) in [4.78, 5) is 11.5. The van der Waals surface area contributed by atoms with Crippen molar-refractivity contribution in [3.05, 3.63) is 0 Å². The average Bonchev–Trinajstić information content (AvgIpc) is 2.23. The van der Waals surface area contributed by atoms with Crippen LogP contribution in [0.5, 0.6) is 0 Å². The van der Waals surface area contributed by atoms with Gasteiger partial charge in [-0.3, -0.25) is 9.36 Å². The van der Waals surface area contributed by atoms with Crippen molar-refractivity contribution in [3.63, 3.8) is 0 Å². The average molecular weight is 250 g/mol. The summed E-state index contributed by atoms with van der Waals surface area (Å²) < 4.78 is 23.2. The molecule has 0 fully saturated rings. The van der Waals surface area contributed by atoms with E-state index < -0.39 is 12.8 Å². The molecule has 0 bridgehead atoms. The normalized spacial score (nSPS) is 12.8. The van der Waals surface area contributed by atoms with Gasteiger partial charge in [0.15, 0.2) is 0 Å². The summed E-state index contributed by atoms with van der Waals surface area (Å²) in [5.74, 6) is -0.178. The summed E-state index contributed by atoms with van der Waals surface area (Å²) >= 11 is 0. The molecular formula is C11H23O4P. The Morgan fingerprint density at radius 1 is 1.12 bits per heavy atom. The van der Waals surface area contributed by atoms with Crippen molar-refractivity contribution >= 4 is 13.4 Å². The standard InChI is InChI=1S/C11H23O4P/c1-6-8-14-16(13,15-9-7-2)11(4,5)10(3)12/h6-9H2,1-5H3. The first kappa shape index (κ1) is 15.8. The number of carbonyl (C=O) groups excluding carboxylic acids is 1. The molecule has 0 radical (unpaired) electrons. The van der Waals surface area contributed by atoms with Gasteiger partial charge in [-0.1, -0.05) is 13.8 Å². The van der Waals surface area contributed by atoms with E-state index in [0.29, 0.717) is 13.2 Å². The highest BCUT2D eigenvalue weighted by Crippen LogP contribution is 2.60. The van der Waals surface area contributed by atoms with Gasteiger partial charge >= 0.3 is 7.60 Å². The van der Waals surface area contributed by atoms with Crippen molar-refractivity contribution in [3.8, 4) is 0 Å². The van der Waals surface area contributed by atoms with Gasteiger partial charge in [0.1, 0.15) is 10.9 Å². The second-order valence-electron chi connectivity index (χ2n) is 4.28. The summed E-state index contributed by atoms with van der Waals surface area (Å²) in [6.07, 6.45) is 1.49. The van der Waals surface area contributed by atoms with Crippen LogP contribution in [-0.2, 0) is 18.4 Å². The van der Waals surface area contributed by atoms with Gasteiger partial charge in [-0.05, 0) is 33.6 Å². The van der Waals surface area contributed by atoms with Crippen LogP contribution < -0.4 is 0 Å². The smallest absolute Gasteiger partial charge is 0.308 e. The Balaban J connectivity index is 4.90. The molecule has 0 aromatic rings. The number of rotatable bonds is 8. The Morgan fingerprint density at radius 2 is 1.50 bits per heavy atom. The van der Waals surface area contributed by atoms with Crippen molar-refractivity contribution < 1.29 is 18.4 Å². The molecule has 0 saturated heterocycles. The molecule has 0 spiro atoms. The van der Waals surface area contributed by atoms with Crippen LogP contribution in [-0.4, -0.2) is 24.2 Å². The predicted molar refractivity (Wildman–Crippen MR) is 64.9 cm³/mol. The summed E-state index contributed by atoms with van der Waals surface area (Å²) in [5, 5.41) is -1.07. The fourth-order valence-corrected chi connectivity index (χ4v) is 2.93. The second-order valence-corrected chi connectivity index (χ2v) is 6.91. The number of hydrogen-bond donors (Lipinski definition) is 0. The lowest BCUT2D eigenvalue weighted by Crippen LogP contribution is -2.31. The molecule has 0 heterocycles. The highest BCUT2D eigenvalue weighted by atomic mass is 31.2. The topological polar surface area (TPSA) is 52.6 Å². The Hall–Kier alpha value is -0.180. The lowest BCUT2D eigenvalue weighted by Gasteiger charge is -2.30. The van der Waals surface area contributed by atoms with Crippen LogP contribution in [0.25, 0.3) is 0 Å². The number of carbonyl (C=O) groups is 1. The molecule has 16 heavy (non-hydrogen) atoms. The second kappa shape index (κ2) is 6.53. The zero-order valence-electron chi connectivity index (χ0n) is 10.9. The van der Waals surface area contributed by atoms with E-state index in [1.165, 1.54) is 6.92 Å². The molecule has 0 unspecified atom stereocenters. The number of ketones is 1. The van der Waals surface area contributed by atoms with Gasteiger partial charge in [0.25, 0.3) is 0 Å². The maximum atomic E-state index is 12.5. The fraction of sp³-hybridized carbons (Fsp3) is 0.909. The highest BCUT2D eigenvalue weighted by molar-refractivity contribution is 7.56. The van der Waals surface area contributed by atoms with Gasteiger partial charge in [0.2, 0.25) is 0 Å². The molecule has 96 valence electrons. The SMILES string of the molecule is CCCOP(=O)(OCCC)C(C)(C)C(C)=O. The minimum absolute atomic E-state index is 0.178. The van der Waals surface area contributed by atoms with Gasteiger partial charge in [0.05, 0.1) is 13.2 Å². The fourth-order valence-electron chi connectivity index (χ4n) is 0.976. The van der Waals surface area contributed by atoms with E-state index in [0.717, 1.165) is 12.8 Å². The maximum absolute atomic E-state index is 12.5. The summed E-state index contributed by atoms with van der Waals surface area (Å²) in [7, 11) is -3.36. The van der Waals surface area contributed by atoms with E-state index in [-0.39, 0.29) is 5.78 Å². The molecule has 0 aliphatic rings.